The Labute approximate surface area is 186 Å². The van der Waals surface area contributed by atoms with Crippen molar-refractivity contribution in [2.75, 3.05) is 46.0 Å². The maximum Gasteiger partial charge on any atom is 0.191 e. The lowest BCUT2D eigenvalue weighted by molar-refractivity contribution is 0.191. The van der Waals surface area contributed by atoms with Crippen molar-refractivity contribution in [3.8, 4) is 0 Å². The first-order chi connectivity index (χ1) is 14.7. The van der Waals surface area contributed by atoms with Gasteiger partial charge in [0.2, 0.25) is 0 Å². The maximum atomic E-state index is 4.49. The average molecular weight is 436 g/mol. The topological polar surface area (TPSA) is 70.4 Å². The normalized spacial score (nSPS) is 19.5. The third kappa shape index (κ3) is 6.87. The van der Waals surface area contributed by atoms with Crippen LogP contribution in [0.3, 0.4) is 0 Å². The molecule has 8 heteroatoms. The highest BCUT2D eigenvalue weighted by Crippen LogP contribution is 2.33. The first-order valence-electron chi connectivity index (χ1n) is 11.9. The van der Waals surface area contributed by atoms with Crippen LogP contribution in [0.25, 0.3) is 0 Å². The van der Waals surface area contributed by atoms with Crippen LogP contribution in [0.4, 0.5) is 0 Å². The molecule has 1 aromatic heterocycles. The Bertz CT molecular complexity index is 646. The molecule has 30 heavy (non-hydrogen) atoms. The number of hydrogen-bond donors (Lipinski definition) is 2. The molecule has 7 nitrogen and oxygen atoms in total. The smallest absolute Gasteiger partial charge is 0.191 e. The molecule has 0 radical (unpaired) electrons. The second kappa shape index (κ2) is 12.5. The molecule has 0 unspecified atom stereocenters. The fourth-order valence-corrected chi connectivity index (χ4v) is 5.19. The summed E-state index contributed by atoms with van der Waals surface area (Å²) in [6.07, 6.45) is 13.2. The Morgan fingerprint density at radius 2 is 1.77 bits per heavy atom. The molecule has 1 saturated heterocycles. The Kier molecular flexibility index (Phi) is 9.78. The molecule has 0 atom stereocenters. The monoisotopic (exact) mass is 435 g/mol. The number of aromatic nitrogens is 3. The molecule has 2 fully saturated rings. The first kappa shape index (κ1) is 23.4. The molecule has 1 aromatic rings. The highest BCUT2D eigenvalue weighted by Gasteiger charge is 2.23. The Morgan fingerprint density at radius 1 is 1.07 bits per heavy atom. The second-order valence-corrected chi connectivity index (χ2v) is 9.59. The van der Waals surface area contributed by atoms with Crippen LogP contribution in [0, 0.1) is 5.92 Å². The van der Waals surface area contributed by atoms with Crippen molar-refractivity contribution in [3.05, 3.63) is 5.82 Å². The van der Waals surface area contributed by atoms with Crippen LogP contribution in [0.15, 0.2) is 10.1 Å². The van der Waals surface area contributed by atoms with Gasteiger partial charge in [-0.25, -0.2) is 0 Å². The average Bonchev–Trinajstić information content (AvgIpc) is 3.43. The van der Waals surface area contributed by atoms with Gasteiger partial charge in [-0.3, -0.25) is 4.99 Å². The van der Waals surface area contributed by atoms with E-state index >= 15 is 0 Å². The number of likely N-dealkylation sites (tertiary alicyclic amines) is 1. The number of guanidine groups is 1. The van der Waals surface area contributed by atoms with Gasteiger partial charge in [-0.05, 0) is 70.3 Å². The van der Waals surface area contributed by atoms with Gasteiger partial charge in [0.05, 0.1) is 0 Å². The lowest BCUT2D eigenvalue weighted by Crippen LogP contribution is -2.40. The number of aliphatic imine (C=N–C) groups is 1. The molecule has 170 valence electrons. The van der Waals surface area contributed by atoms with Crippen LogP contribution in [-0.4, -0.2) is 71.7 Å². The lowest BCUT2D eigenvalue weighted by atomic mass is 9.99. The van der Waals surface area contributed by atoms with Crippen molar-refractivity contribution < 1.29 is 0 Å². The highest BCUT2D eigenvalue weighted by molar-refractivity contribution is 7.98. The summed E-state index contributed by atoms with van der Waals surface area (Å²) in [5.74, 6) is 2.96. The third-order valence-electron chi connectivity index (χ3n) is 6.52. The van der Waals surface area contributed by atoms with Crippen LogP contribution in [0.2, 0.25) is 0 Å². The quantitative estimate of drug-likeness (QED) is 0.254. The second-order valence-electron chi connectivity index (χ2n) is 8.82. The molecule has 0 bridgehead atoms. The molecular weight excluding hydrogens is 394 g/mol. The zero-order chi connectivity index (χ0) is 21.2. The Morgan fingerprint density at radius 3 is 2.43 bits per heavy atom. The predicted molar refractivity (Wildman–Crippen MR) is 126 cm³/mol. The minimum absolute atomic E-state index is 0.600. The van der Waals surface area contributed by atoms with Crippen LogP contribution in [0.1, 0.15) is 70.2 Å². The summed E-state index contributed by atoms with van der Waals surface area (Å²) in [6.45, 7) is 7.95. The van der Waals surface area contributed by atoms with E-state index in [0.29, 0.717) is 6.04 Å². The standard InChI is InChI=1S/C22H41N7S/c1-18-11-16-28(17-12-18)15-7-14-25-21(23-2)24-13-6-10-20-26-27-22(30-3)29(20)19-8-4-5-9-19/h18-19H,4-17H2,1-3H3,(H2,23,24,25). The molecule has 2 N–H and O–H groups in total. The Hall–Kier alpha value is -1.28. The van der Waals surface area contributed by atoms with E-state index in [1.165, 1.54) is 58.2 Å². The van der Waals surface area contributed by atoms with Crippen LogP contribution < -0.4 is 10.6 Å². The number of rotatable bonds is 10. The van der Waals surface area contributed by atoms with E-state index < -0.39 is 0 Å². The zero-order valence-corrected chi connectivity index (χ0v) is 20.0. The summed E-state index contributed by atoms with van der Waals surface area (Å²) in [6, 6.07) is 0.600. The largest absolute Gasteiger partial charge is 0.356 e. The van der Waals surface area contributed by atoms with Crippen molar-refractivity contribution in [2.24, 2.45) is 10.9 Å². The summed E-state index contributed by atoms with van der Waals surface area (Å²) >= 11 is 1.71. The zero-order valence-electron chi connectivity index (χ0n) is 19.2. The summed E-state index contributed by atoms with van der Waals surface area (Å²) in [4.78, 5) is 6.97. The van der Waals surface area contributed by atoms with Gasteiger partial charge in [-0.2, -0.15) is 0 Å². The number of nitrogens with one attached hydrogen (secondary N) is 2. The Balaban J connectivity index is 1.33. The third-order valence-corrected chi connectivity index (χ3v) is 7.16. The molecule has 1 aliphatic carbocycles. The van der Waals surface area contributed by atoms with E-state index in [0.717, 1.165) is 55.2 Å². The van der Waals surface area contributed by atoms with Gasteiger partial charge in [0.25, 0.3) is 0 Å². The van der Waals surface area contributed by atoms with Crippen molar-refractivity contribution in [2.45, 2.75) is 75.9 Å². The molecule has 0 amide bonds. The van der Waals surface area contributed by atoms with E-state index in [4.69, 9.17) is 0 Å². The molecule has 2 heterocycles. The van der Waals surface area contributed by atoms with Gasteiger partial charge in [-0.15, -0.1) is 10.2 Å². The number of thioether (sulfide) groups is 1. The van der Waals surface area contributed by atoms with E-state index in [1.807, 2.05) is 7.05 Å². The van der Waals surface area contributed by atoms with E-state index in [9.17, 15) is 0 Å². The molecule has 0 spiro atoms. The van der Waals surface area contributed by atoms with Gasteiger partial charge in [0.1, 0.15) is 5.82 Å². The summed E-state index contributed by atoms with van der Waals surface area (Å²) in [5, 5.41) is 16.9. The lowest BCUT2D eigenvalue weighted by Gasteiger charge is -2.30. The highest BCUT2D eigenvalue weighted by atomic mass is 32.2. The van der Waals surface area contributed by atoms with Crippen LogP contribution >= 0.6 is 11.8 Å². The SMILES string of the molecule is CN=C(NCCCc1nnc(SC)n1C1CCCC1)NCCCN1CCC(C)CC1. The first-order valence-corrected chi connectivity index (χ1v) is 13.1. The van der Waals surface area contributed by atoms with Crippen LogP contribution in [-0.2, 0) is 6.42 Å². The number of hydrogen-bond acceptors (Lipinski definition) is 5. The molecule has 2 aliphatic rings. The summed E-state index contributed by atoms with van der Waals surface area (Å²) in [5.41, 5.74) is 0. The summed E-state index contributed by atoms with van der Waals surface area (Å²) < 4.78 is 2.41. The van der Waals surface area contributed by atoms with E-state index in [1.54, 1.807) is 11.8 Å². The van der Waals surface area contributed by atoms with Gasteiger partial charge in [0.15, 0.2) is 11.1 Å². The van der Waals surface area contributed by atoms with Crippen LogP contribution in [0.5, 0.6) is 0 Å². The number of piperidine rings is 1. The van der Waals surface area contributed by atoms with E-state index in [-0.39, 0.29) is 0 Å². The molecule has 1 aliphatic heterocycles. The minimum Gasteiger partial charge on any atom is -0.356 e. The fourth-order valence-electron chi connectivity index (χ4n) is 4.62. The van der Waals surface area contributed by atoms with Gasteiger partial charge in [-0.1, -0.05) is 31.5 Å². The van der Waals surface area contributed by atoms with Crippen molar-refractivity contribution >= 4 is 17.7 Å². The van der Waals surface area contributed by atoms with Crippen molar-refractivity contribution in [1.82, 2.24) is 30.3 Å². The minimum atomic E-state index is 0.600. The van der Waals surface area contributed by atoms with E-state index in [2.05, 4.69) is 48.5 Å². The molecular formula is C22H41N7S. The van der Waals surface area contributed by atoms with Gasteiger partial charge in [0, 0.05) is 32.6 Å². The molecule has 1 saturated carbocycles. The number of aryl methyl sites for hydroxylation is 1. The molecule has 0 aromatic carbocycles. The maximum absolute atomic E-state index is 4.49. The molecule has 3 rings (SSSR count). The predicted octanol–water partition coefficient (Wildman–Crippen LogP) is 3.33. The van der Waals surface area contributed by atoms with Gasteiger partial charge >= 0.3 is 0 Å². The number of nitrogens with zero attached hydrogens (tertiary/aromatic N) is 5. The van der Waals surface area contributed by atoms with Gasteiger partial charge < -0.3 is 20.1 Å². The van der Waals surface area contributed by atoms with Crippen molar-refractivity contribution in [1.29, 1.82) is 0 Å². The van der Waals surface area contributed by atoms with Crippen molar-refractivity contribution in [3.63, 3.8) is 0 Å². The summed E-state index contributed by atoms with van der Waals surface area (Å²) in [7, 11) is 1.85. The fraction of sp³-hybridized carbons (Fsp3) is 0.864.